The summed E-state index contributed by atoms with van der Waals surface area (Å²) >= 11 is 0. The molecule has 0 aromatic carbocycles. The van der Waals surface area contributed by atoms with Gasteiger partial charge in [-0.05, 0) is 12.1 Å². The zero-order valence-corrected chi connectivity index (χ0v) is 6.04. The van der Waals surface area contributed by atoms with Crippen molar-refractivity contribution >= 4 is 0 Å². The van der Waals surface area contributed by atoms with Crippen molar-refractivity contribution in [2.24, 2.45) is 0 Å². The Morgan fingerprint density at radius 1 is 1.60 bits per heavy atom. The lowest BCUT2D eigenvalue weighted by Gasteiger charge is -2.04. The summed E-state index contributed by atoms with van der Waals surface area (Å²) in [7, 11) is 0. The van der Waals surface area contributed by atoms with Gasteiger partial charge in [-0.15, -0.1) is 0 Å². The minimum Gasteiger partial charge on any atom is -0.261 e. The second-order valence-electron chi connectivity index (χ2n) is 2.36. The SMILES string of the molecule is CC(C[NH])c1ccccn1. The van der Waals surface area contributed by atoms with Crippen LogP contribution in [0.5, 0.6) is 0 Å². The Morgan fingerprint density at radius 2 is 2.40 bits per heavy atom. The number of aromatic nitrogens is 1. The van der Waals surface area contributed by atoms with Gasteiger partial charge in [-0.25, -0.2) is 0 Å². The van der Waals surface area contributed by atoms with Crippen molar-refractivity contribution in [1.29, 1.82) is 0 Å². The topological polar surface area (TPSA) is 36.7 Å². The molecule has 1 unspecified atom stereocenters. The first-order chi connectivity index (χ1) is 4.84. The Balaban J connectivity index is 2.75. The minimum absolute atomic E-state index is 0.265. The minimum atomic E-state index is 0.265. The fourth-order valence-electron chi connectivity index (χ4n) is 0.772. The molecule has 1 N–H and O–H groups in total. The van der Waals surface area contributed by atoms with Crippen molar-refractivity contribution in [2.75, 3.05) is 6.54 Å². The summed E-state index contributed by atoms with van der Waals surface area (Å²) < 4.78 is 0. The fraction of sp³-hybridized carbons (Fsp3) is 0.375. The zero-order valence-electron chi connectivity index (χ0n) is 6.04. The molecule has 0 saturated carbocycles. The molecule has 1 rings (SSSR count). The van der Waals surface area contributed by atoms with Crippen LogP contribution in [0.4, 0.5) is 0 Å². The highest BCUT2D eigenvalue weighted by molar-refractivity contribution is 5.08. The van der Waals surface area contributed by atoms with E-state index < -0.39 is 0 Å². The maximum absolute atomic E-state index is 7.11. The van der Waals surface area contributed by atoms with Crippen LogP contribution in [0.2, 0.25) is 0 Å². The average Bonchev–Trinajstić information content (AvgIpc) is 2.05. The molecule has 0 spiro atoms. The molecule has 1 radical (unpaired) electrons. The van der Waals surface area contributed by atoms with E-state index in [0.29, 0.717) is 6.54 Å². The van der Waals surface area contributed by atoms with Gasteiger partial charge >= 0.3 is 0 Å². The molecule has 0 amide bonds. The predicted octanol–water partition coefficient (Wildman–Crippen LogP) is 1.47. The summed E-state index contributed by atoms with van der Waals surface area (Å²) in [6, 6.07) is 5.80. The van der Waals surface area contributed by atoms with Crippen LogP contribution < -0.4 is 5.73 Å². The first kappa shape index (κ1) is 7.22. The Kier molecular flexibility index (Phi) is 2.40. The van der Waals surface area contributed by atoms with Gasteiger partial charge in [-0.2, -0.15) is 0 Å². The average molecular weight is 135 g/mol. The van der Waals surface area contributed by atoms with Crippen LogP contribution in [-0.2, 0) is 0 Å². The van der Waals surface area contributed by atoms with Crippen molar-refractivity contribution in [3.05, 3.63) is 30.1 Å². The Bertz CT molecular complexity index is 184. The summed E-state index contributed by atoms with van der Waals surface area (Å²) in [5, 5.41) is 0. The molecule has 0 bridgehead atoms. The van der Waals surface area contributed by atoms with Gasteiger partial charge in [-0.1, -0.05) is 13.0 Å². The standard InChI is InChI=1S/C8H11N2/c1-7(6-9)8-4-2-3-5-10-8/h2-5,7,9H,6H2,1H3. The van der Waals surface area contributed by atoms with Gasteiger partial charge in [0, 0.05) is 24.4 Å². The number of pyridine rings is 1. The molecule has 0 aliphatic rings. The third kappa shape index (κ3) is 1.54. The smallest absolute Gasteiger partial charge is 0.0444 e. The quantitative estimate of drug-likeness (QED) is 0.605. The van der Waals surface area contributed by atoms with E-state index >= 15 is 0 Å². The molecule has 0 aliphatic heterocycles. The highest BCUT2D eigenvalue weighted by Crippen LogP contribution is 2.08. The van der Waals surface area contributed by atoms with E-state index in [9.17, 15) is 0 Å². The number of nitrogens with zero attached hydrogens (tertiary/aromatic N) is 1. The molecule has 1 atom stereocenters. The van der Waals surface area contributed by atoms with Gasteiger partial charge in [0.1, 0.15) is 0 Å². The van der Waals surface area contributed by atoms with Gasteiger partial charge in [0.2, 0.25) is 0 Å². The van der Waals surface area contributed by atoms with E-state index in [1.165, 1.54) is 0 Å². The number of rotatable bonds is 2. The summed E-state index contributed by atoms with van der Waals surface area (Å²) in [6.45, 7) is 2.42. The molecular weight excluding hydrogens is 124 g/mol. The van der Waals surface area contributed by atoms with Crippen LogP contribution in [0.15, 0.2) is 24.4 Å². The van der Waals surface area contributed by atoms with E-state index in [1.54, 1.807) is 6.20 Å². The lowest BCUT2D eigenvalue weighted by atomic mass is 10.1. The Morgan fingerprint density at radius 3 is 2.90 bits per heavy atom. The molecule has 0 fully saturated rings. The maximum atomic E-state index is 7.11. The molecule has 1 aromatic heterocycles. The molecule has 0 saturated heterocycles. The first-order valence-electron chi connectivity index (χ1n) is 3.40. The summed E-state index contributed by atoms with van der Waals surface area (Å²) in [6.07, 6.45) is 1.77. The van der Waals surface area contributed by atoms with Crippen molar-refractivity contribution in [1.82, 2.24) is 10.7 Å². The largest absolute Gasteiger partial charge is 0.261 e. The number of hydrogen-bond donors (Lipinski definition) is 0. The number of hydrogen-bond acceptors (Lipinski definition) is 1. The second kappa shape index (κ2) is 3.32. The van der Waals surface area contributed by atoms with Crippen LogP contribution >= 0.6 is 0 Å². The van der Waals surface area contributed by atoms with E-state index in [2.05, 4.69) is 4.98 Å². The lowest BCUT2D eigenvalue weighted by molar-refractivity contribution is 0.732. The summed E-state index contributed by atoms with van der Waals surface area (Å²) in [5.74, 6) is 0.265. The molecule has 1 heterocycles. The molecular formula is C8H11N2. The Hall–Kier alpha value is -0.890. The van der Waals surface area contributed by atoms with Gasteiger partial charge in [0.15, 0.2) is 0 Å². The lowest BCUT2D eigenvalue weighted by Crippen LogP contribution is -2.01. The zero-order chi connectivity index (χ0) is 7.40. The third-order valence-corrected chi connectivity index (χ3v) is 1.50. The highest BCUT2D eigenvalue weighted by Gasteiger charge is 2.01. The van der Waals surface area contributed by atoms with Gasteiger partial charge < -0.3 is 0 Å². The molecule has 1 aromatic rings. The third-order valence-electron chi connectivity index (χ3n) is 1.50. The van der Waals surface area contributed by atoms with Crippen molar-refractivity contribution in [2.45, 2.75) is 12.8 Å². The summed E-state index contributed by atoms with van der Waals surface area (Å²) in [5.41, 5.74) is 8.12. The maximum Gasteiger partial charge on any atom is 0.0444 e. The normalized spacial score (nSPS) is 13.0. The Labute approximate surface area is 61.1 Å². The van der Waals surface area contributed by atoms with Crippen LogP contribution in [0.3, 0.4) is 0 Å². The molecule has 2 nitrogen and oxygen atoms in total. The fourth-order valence-corrected chi connectivity index (χ4v) is 0.772. The molecule has 10 heavy (non-hydrogen) atoms. The molecule has 0 aliphatic carbocycles. The van der Waals surface area contributed by atoms with Crippen LogP contribution in [0.1, 0.15) is 18.5 Å². The van der Waals surface area contributed by atoms with E-state index in [1.807, 2.05) is 25.1 Å². The number of nitrogens with one attached hydrogen (secondary N) is 1. The van der Waals surface area contributed by atoms with E-state index in [0.717, 1.165) is 5.69 Å². The van der Waals surface area contributed by atoms with Gasteiger partial charge in [-0.3, -0.25) is 10.7 Å². The second-order valence-corrected chi connectivity index (χ2v) is 2.36. The van der Waals surface area contributed by atoms with Gasteiger partial charge in [0.05, 0.1) is 0 Å². The van der Waals surface area contributed by atoms with Crippen molar-refractivity contribution in [3.63, 3.8) is 0 Å². The van der Waals surface area contributed by atoms with Crippen LogP contribution in [0, 0.1) is 0 Å². The molecule has 53 valence electrons. The first-order valence-corrected chi connectivity index (χ1v) is 3.40. The van der Waals surface area contributed by atoms with Gasteiger partial charge in [0.25, 0.3) is 0 Å². The summed E-state index contributed by atoms with van der Waals surface area (Å²) in [4.78, 5) is 4.13. The predicted molar refractivity (Wildman–Crippen MR) is 40.6 cm³/mol. The highest BCUT2D eigenvalue weighted by atomic mass is 14.7. The van der Waals surface area contributed by atoms with E-state index in [-0.39, 0.29) is 5.92 Å². The van der Waals surface area contributed by atoms with Crippen LogP contribution in [-0.4, -0.2) is 11.5 Å². The monoisotopic (exact) mass is 135 g/mol. The van der Waals surface area contributed by atoms with Crippen LogP contribution in [0.25, 0.3) is 0 Å². The van der Waals surface area contributed by atoms with Crippen molar-refractivity contribution < 1.29 is 0 Å². The van der Waals surface area contributed by atoms with E-state index in [4.69, 9.17) is 5.73 Å². The van der Waals surface area contributed by atoms with Crippen molar-refractivity contribution in [3.8, 4) is 0 Å². The molecule has 2 heteroatoms.